The van der Waals surface area contributed by atoms with E-state index in [1.54, 1.807) is 12.3 Å². The molecule has 0 radical (unpaired) electrons. The van der Waals surface area contributed by atoms with Crippen LogP contribution in [0.1, 0.15) is 25.7 Å². The van der Waals surface area contributed by atoms with Gasteiger partial charge in [-0.3, -0.25) is 4.68 Å². The maximum absolute atomic E-state index is 10.6. The van der Waals surface area contributed by atoms with Crippen LogP contribution in [0.2, 0.25) is 0 Å². The smallest absolute Gasteiger partial charge is 0.405 e. The summed E-state index contributed by atoms with van der Waals surface area (Å²) >= 11 is 0. The molecule has 0 spiro atoms. The van der Waals surface area contributed by atoms with Crippen LogP contribution >= 0.6 is 0 Å². The molecule has 0 saturated heterocycles. The first-order valence-corrected chi connectivity index (χ1v) is 6.77. The number of carboxylic acid groups (broad SMARTS) is 1. The Hall–Kier alpha value is -2.97. The van der Waals surface area contributed by atoms with Crippen molar-refractivity contribution in [3.05, 3.63) is 30.4 Å². The van der Waals surface area contributed by atoms with Crippen LogP contribution in [0, 0.1) is 0 Å². The van der Waals surface area contributed by atoms with Gasteiger partial charge in [0.05, 0.1) is 18.4 Å². The summed E-state index contributed by atoms with van der Waals surface area (Å²) in [7, 11) is 0. The van der Waals surface area contributed by atoms with Gasteiger partial charge in [0, 0.05) is 17.8 Å². The maximum atomic E-state index is 10.6. The lowest BCUT2D eigenvalue weighted by atomic mass is 10.2. The van der Waals surface area contributed by atoms with Crippen LogP contribution < -0.4 is 5.32 Å². The van der Waals surface area contributed by atoms with Crippen LogP contribution in [-0.2, 0) is 6.54 Å². The summed E-state index contributed by atoms with van der Waals surface area (Å²) in [6, 6.07) is 3.88. The van der Waals surface area contributed by atoms with Crippen LogP contribution in [0.5, 0.6) is 0 Å². The quantitative estimate of drug-likeness (QED) is 0.752. The van der Waals surface area contributed by atoms with Crippen molar-refractivity contribution < 1.29 is 9.90 Å². The zero-order chi connectivity index (χ0) is 15.7. The highest BCUT2D eigenvalue weighted by atomic mass is 16.4. The predicted molar refractivity (Wildman–Crippen MR) is 77.3 cm³/mol. The number of rotatable bonds is 4. The minimum atomic E-state index is -1.12. The molecule has 1 amide bonds. The molecule has 0 unspecified atom stereocenters. The van der Waals surface area contributed by atoms with Crippen molar-refractivity contribution in [3.63, 3.8) is 0 Å². The molecule has 0 bridgehead atoms. The van der Waals surface area contributed by atoms with E-state index in [1.165, 1.54) is 4.52 Å². The SMILES string of the molecule is CC(C)n1cc(-c2ccc3nnc(CNC(=O)O)n3n2)cn1. The van der Waals surface area contributed by atoms with Crippen molar-refractivity contribution in [3.8, 4) is 11.3 Å². The second kappa shape index (κ2) is 5.43. The first-order valence-electron chi connectivity index (χ1n) is 6.77. The van der Waals surface area contributed by atoms with Gasteiger partial charge in [-0.1, -0.05) is 0 Å². The molecule has 3 aromatic rings. The summed E-state index contributed by atoms with van der Waals surface area (Å²) in [5.74, 6) is 0.426. The minimum Gasteiger partial charge on any atom is -0.465 e. The van der Waals surface area contributed by atoms with E-state index in [1.807, 2.05) is 30.8 Å². The Morgan fingerprint density at radius 1 is 1.36 bits per heavy atom. The molecular formula is C13H15N7O2. The topological polar surface area (TPSA) is 110 Å². The van der Waals surface area contributed by atoms with Gasteiger partial charge >= 0.3 is 6.09 Å². The third-order valence-electron chi connectivity index (χ3n) is 3.15. The Balaban J connectivity index is 1.96. The number of amides is 1. The molecule has 0 saturated carbocycles. The number of carbonyl (C=O) groups is 1. The zero-order valence-electron chi connectivity index (χ0n) is 12.1. The molecule has 0 aromatic carbocycles. The van der Waals surface area contributed by atoms with E-state index >= 15 is 0 Å². The minimum absolute atomic E-state index is 0.0399. The summed E-state index contributed by atoms with van der Waals surface area (Å²) in [4.78, 5) is 10.6. The van der Waals surface area contributed by atoms with Crippen molar-refractivity contribution >= 4 is 11.7 Å². The van der Waals surface area contributed by atoms with Gasteiger partial charge in [0.15, 0.2) is 11.5 Å². The number of hydrogen-bond donors (Lipinski definition) is 2. The molecule has 0 aliphatic carbocycles. The van der Waals surface area contributed by atoms with Gasteiger partial charge in [-0.05, 0) is 26.0 Å². The van der Waals surface area contributed by atoms with Crippen LogP contribution in [0.4, 0.5) is 4.79 Å². The fourth-order valence-corrected chi connectivity index (χ4v) is 2.00. The number of nitrogens with one attached hydrogen (secondary N) is 1. The van der Waals surface area contributed by atoms with Gasteiger partial charge in [0.25, 0.3) is 0 Å². The molecule has 9 heteroatoms. The number of aromatic nitrogens is 6. The lowest BCUT2D eigenvalue weighted by molar-refractivity contribution is 0.193. The fraction of sp³-hybridized carbons (Fsp3) is 0.308. The number of hydrogen-bond acceptors (Lipinski definition) is 5. The van der Waals surface area contributed by atoms with Gasteiger partial charge in [0.1, 0.15) is 0 Å². The molecule has 22 heavy (non-hydrogen) atoms. The normalized spacial score (nSPS) is 11.2. The molecule has 0 aliphatic rings. The third kappa shape index (κ3) is 2.60. The van der Waals surface area contributed by atoms with E-state index in [4.69, 9.17) is 5.11 Å². The lowest BCUT2D eigenvalue weighted by Gasteiger charge is -2.03. The monoisotopic (exact) mass is 301 g/mol. The summed E-state index contributed by atoms with van der Waals surface area (Å²) in [6.45, 7) is 4.13. The Morgan fingerprint density at radius 2 is 2.18 bits per heavy atom. The lowest BCUT2D eigenvalue weighted by Crippen LogP contribution is -2.21. The number of fused-ring (bicyclic) bond motifs is 1. The second-order valence-electron chi connectivity index (χ2n) is 5.07. The predicted octanol–water partition coefficient (Wildman–Crippen LogP) is 1.34. The zero-order valence-corrected chi connectivity index (χ0v) is 12.1. The molecule has 114 valence electrons. The molecule has 2 N–H and O–H groups in total. The first kappa shape index (κ1) is 14.0. The molecule has 0 atom stereocenters. The molecule has 3 rings (SSSR count). The summed E-state index contributed by atoms with van der Waals surface area (Å²) in [5.41, 5.74) is 2.15. The van der Waals surface area contributed by atoms with Crippen molar-refractivity contribution in [2.45, 2.75) is 26.4 Å². The largest absolute Gasteiger partial charge is 0.465 e. The summed E-state index contributed by atoms with van der Waals surface area (Å²) < 4.78 is 3.37. The molecule has 9 nitrogen and oxygen atoms in total. The fourth-order valence-electron chi connectivity index (χ4n) is 2.00. The first-order chi connectivity index (χ1) is 10.5. The van der Waals surface area contributed by atoms with Gasteiger partial charge in [-0.25, -0.2) is 4.79 Å². The highest BCUT2D eigenvalue weighted by Crippen LogP contribution is 2.18. The van der Waals surface area contributed by atoms with Crippen LogP contribution in [0.3, 0.4) is 0 Å². The molecule has 3 aromatic heterocycles. The van der Waals surface area contributed by atoms with Crippen molar-refractivity contribution in [1.29, 1.82) is 0 Å². The molecule has 0 aliphatic heterocycles. The van der Waals surface area contributed by atoms with Gasteiger partial charge < -0.3 is 10.4 Å². The van der Waals surface area contributed by atoms with Gasteiger partial charge in [0.2, 0.25) is 0 Å². The highest BCUT2D eigenvalue weighted by molar-refractivity contribution is 5.64. The molecule has 0 fully saturated rings. The van der Waals surface area contributed by atoms with E-state index in [2.05, 4.69) is 25.7 Å². The van der Waals surface area contributed by atoms with Crippen LogP contribution in [0.25, 0.3) is 16.9 Å². The summed E-state index contributed by atoms with van der Waals surface area (Å²) in [6.07, 6.45) is 2.54. The van der Waals surface area contributed by atoms with Gasteiger partial charge in [-0.2, -0.15) is 14.7 Å². The average molecular weight is 301 g/mol. The second-order valence-corrected chi connectivity index (χ2v) is 5.07. The van der Waals surface area contributed by atoms with E-state index in [0.717, 1.165) is 11.3 Å². The Morgan fingerprint density at radius 3 is 2.86 bits per heavy atom. The average Bonchev–Trinajstić information content (AvgIpc) is 3.11. The highest BCUT2D eigenvalue weighted by Gasteiger charge is 2.11. The number of nitrogens with zero attached hydrogens (tertiary/aromatic N) is 6. The Bertz CT molecular complexity index is 821. The maximum Gasteiger partial charge on any atom is 0.405 e. The van der Waals surface area contributed by atoms with E-state index in [0.29, 0.717) is 11.5 Å². The van der Waals surface area contributed by atoms with Crippen molar-refractivity contribution in [2.24, 2.45) is 0 Å². The van der Waals surface area contributed by atoms with Crippen LogP contribution in [-0.4, -0.2) is 40.8 Å². The Kier molecular flexibility index (Phi) is 3.45. The molecule has 3 heterocycles. The van der Waals surface area contributed by atoms with E-state index in [9.17, 15) is 4.79 Å². The molecular weight excluding hydrogens is 286 g/mol. The standard InChI is InChI=1S/C13H15N7O2/c1-8(2)19-7-9(5-15-19)10-3-4-11-16-17-12(20(11)18-10)6-14-13(21)22/h3-5,7-8,14H,6H2,1-2H3,(H,21,22). The Labute approximate surface area is 125 Å². The van der Waals surface area contributed by atoms with Crippen molar-refractivity contribution in [2.75, 3.05) is 0 Å². The van der Waals surface area contributed by atoms with E-state index < -0.39 is 6.09 Å². The van der Waals surface area contributed by atoms with E-state index in [-0.39, 0.29) is 12.6 Å². The van der Waals surface area contributed by atoms with Crippen molar-refractivity contribution in [1.82, 2.24) is 34.9 Å². The van der Waals surface area contributed by atoms with Gasteiger partial charge in [-0.15, -0.1) is 10.2 Å². The third-order valence-corrected chi connectivity index (χ3v) is 3.15. The summed E-state index contributed by atoms with van der Waals surface area (Å²) in [5, 5.41) is 27.6. The van der Waals surface area contributed by atoms with Crippen LogP contribution in [0.15, 0.2) is 24.5 Å².